The predicted octanol–water partition coefficient (Wildman–Crippen LogP) is 3.21. The highest BCUT2D eigenvalue weighted by molar-refractivity contribution is 6.30. The Morgan fingerprint density at radius 3 is 2.32 bits per heavy atom. The Labute approximate surface area is 164 Å². The number of halogens is 1. The average molecular weight is 399 g/mol. The van der Waals surface area contributed by atoms with Gasteiger partial charge in [-0.1, -0.05) is 29.8 Å². The number of anilines is 1. The number of aromatic hydroxyl groups is 1. The maximum atomic E-state index is 12.5. The first-order valence-corrected chi connectivity index (χ1v) is 8.54. The number of pyridine rings is 1. The van der Waals surface area contributed by atoms with Crippen molar-refractivity contribution in [2.75, 3.05) is 5.32 Å². The zero-order chi connectivity index (χ0) is 20.3. The molecule has 28 heavy (non-hydrogen) atoms. The van der Waals surface area contributed by atoms with Gasteiger partial charge in [-0.15, -0.1) is 0 Å². The standard InChI is InChI=1S/C20H15ClN2O5/c21-14-4-1-12(2-5-14)13-3-7-16(17(24)9-13)20(28)22-15-6-8-18(25)23(10-15)11-19(26)27/h1-10,24H,11H2,(H,22,28)(H,26,27). The van der Waals surface area contributed by atoms with E-state index < -0.39 is 24.0 Å². The van der Waals surface area contributed by atoms with Gasteiger partial charge in [-0.3, -0.25) is 14.4 Å². The summed E-state index contributed by atoms with van der Waals surface area (Å²) in [6.45, 7) is -0.524. The van der Waals surface area contributed by atoms with Gasteiger partial charge in [0.2, 0.25) is 0 Å². The molecule has 0 unspecified atom stereocenters. The predicted molar refractivity (Wildman–Crippen MR) is 105 cm³/mol. The van der Waals surface area contributed by atoms with Crippen LogP contribution in [-0.2, 0) is 11.3 Å². The van der Waals surface area contributed by atoms with Gasteiger partial charge in [-0.05, 0) is 41.5 Å². The van der Waals surface area contributed by atoms with Crippen LogP contribution in [0.5, 0.6) is 5.75 Å². The van der Waals surface area contributed by atoms with Crippen LogP contribution >= 0.6 is 11.6 Å². The number of hydrogen-bond donors (Lipinski definition) is 3. The van der Waals surface area contributed by atoms with Gasteiger partial charge in [0.25, 0.3) is 11.5 Å². The number of carbonyl (C=O) groups excluding carboxylic acids is 1. The lowest BCUT2D eigenvalue weighted by molar-refractivity contribution is -0.137. The molecule has 1 aromatic heterocycles. The Morgan fingerprint density at radius 2 is 1.68 bits per heavy atom. The molecule has 0 aliphatic heterocycles. The molecule has 0 fully saturated rings. The van der Waals surface area contributed by atoms with Crippen molar-refractivity contribution in [3.05, 3.63) is 81.7 Å². The fourth-order valence-electron chi connectivity index (χ4n) is 2.62. The first kappa shape index (κ1) is 19.2. The molecule has 0 spiro atoms. The highest BCUT2D eigenvalue weighted by Gasteiger charge is 2.13. The number of aliphatic carboxylic acids is 1. The Morgan fingerprint density at radius 1 is 1.00 bits per heavy atom. The molecule has 0 aliphatic carbocycles. The molecule has 0 aliphatic rings. The zero-order valence-electron chi connectivity index (χ0n) is 14.4. The van der Waals surface area contributed by atoms with Crippen molar-refractivity contribution in [3.8, 4) is 16.9 Å². The normalized spacial score (nSPS) is 10.5. The lowest BCUT2D eigenvalue weighted by Crippen LogP contribution is -2.24. The van der Waals surface area contributed by atoms with Gasteiger partial charge in [0.05, 0.1) is 11.3 Å². The molecule has 0 saturated heterocycles. The Balaban J connectivity index is 1.82. The topological polar surface area (TPSA) is 109 Å². The number of amides is 1. The average Bonchev–Trinajstić information content (AvgIpc) is 2.64. The van der Waals surface area contributed by atoms with Crippen molar-refractivity contribution < 1.29 is 19.8 Å². The number of phenolic OH excluding ortho intramolecular Hbond substituents is 1. The summed E-state index contributed by atoms with van der Waals surface area (Å²) in [5, 5.41) is 22.2. The number of hydrogen-bond acceptors (Lipinski definition) is 4. The molecule has 3 aromatic rings. The number of aromatic nitrogens is 1. The number of nitrogens with zero attached hydrogens (tertiary/aromatic N) is 1. The third-order valence-electron chi connectivity index (χ3n) is 3.97. The van der Waals surface area contributed by atoms with Crippen LogP contribution in [-0.4, -0.2) is 26.7 Å². The highest BCUT2D eigenvalue weighted by atomic mass is 35.5. The van der Waals surface area contributed by atoms with E-state index in [1.807, 2.05) is 0 Å². The Kier molecular flexibility index (Phi) is 5.47. The number of carboxylic acids is 1. The molecule has 0 bridgehead atoms. The molecule has 8 heteroatoms. The third-order valence-corrected chi connectivity index (χ3v) is 4.22. The largest absolute Gasteiger partial charge is 0.507 e. The van der Waals surface area contributed by atoms with Gasteiger partial charge in [-0.25, -0.2) is 0 Å². The van der Waals surface area contributed by atoms with E-state index in [1.54, 1.807) is 30.3 Å². The molecular formula is C20H15ClN2O5. The van der Waals surface area contributed by atoms with E-state index in [4.69, 9.17) is 16.7 Å². The first-order chi connectivity index (χ1) is 13.3. The van der Waals surface area contributed by atoms with Gasteiger partial charge in [0, 0.05) is 17.3 Å². The molecule has 0 radical (unpaired) electrons. The van der Waals surface area contributed by atoms with Crippen molar-refractivity contribution in [1.82, 2.24) is 4.57 Å². The van der Waals surface area contributed by atoms with Crippen molar-refractivity contribution >= 4 is 29.2 Å². The third kappa shape index (κ3) is 4.39. The van der Waals surface area contributed by atoms with Crippen molar-refractivity contribution in [3.63, 3.8) is 0 Å². The summed E-state index contributed by atoms with van der Waals surface area (Å²) in [5.74, 6) is -1.99. The van der Waals surface area contributed by atoms with Crippen molar-refractivity contribution in [2.24, 2.45) is 0 Å². The van der Waals surface area contributed by atoms with Crippen molar-refractivity contribution in [1.29, 1.82) is 0 Å². The minimum Gasteiger partial charge on any atom is -0.507 e. The lowest BCUT2D eigenvalue weighted by atomic mass is 10.0. The number of nitrogens with one attached hydrogen (secondary N) is 1. The monoisotopic (exact) mass is 398 g/mol. The van der Waals surface area contributed by atoms with Gasteiger partial charge >= 0.3 is 5.97 Å². The molecule has 2 aromatic carbocycles. The van der Waals surface area contributed by atoms with Crippen LogP contribution in [0.4, 0.5) is 5.69 Å². The van der Waals surface area contributed by atoms with E-state index in [9.17, 15) is 19.5 Å². The summed E-state index contributed by atoms with van der Waals surface area (Å²) in [7, 11) is 0. The van der Waals surface area contributed by atoms with Crippen LogP contribution in [0.1, 0.15) is 10.4 Å². The van der Waals surface area contributed by atoms with E-state index in [-0.39, 0.29) is 17.0 Å². The van der Waals surface area contributed by atoms with Crippen LogP contribution in [0.25, 0.3) is 11.1 Å². The number of benzene rings is 2. The smallest absolute Gasteiger partial charge is 0.323 e. The fourth-order valence-corrected chi connectivity index (χ4v) is 2.74. The number of phenols is 1. The maximum absolute atomic E-state index is 12.5. The summed E-state index contributed by atoms with van der Waals surface area (Å²) in [6, 6.07) is 14.2. The van der Waals surface area contributed by atoms with E-state index in [0.717, 1.165) is 16.2 Å². The minimum absolute atomic E-state index is 0.0358. The lowest BCUT2D eigenvalue weighted by Gasteiger charge is -2.10. The number of rotatable bonds is 5. The summed E-state index contributed by atoms with van der Waals surface area (Å²) in [5.41, 5.74) is 1.30. The molecule has 3 N–H and O–H groups in total. The van der Waals surface area contributed by atoms with Crippen LogP contribution in [0.15, 0.2) is 65.6 Å². The second kappa shape index (κ2) is 7.98. The number of carboxylic acid groups (broad SMARTS) is 1. The number of carbonyl (C=O) groups is 2. The molecule has 1 heterocycles. The quantitative estimate of drug-likeness (QED) is 0.611. The second-order valence-corrected chi connectivity index (χ2v) is 6.41. The molecular weight excluding hydrogens is 384 g/mol. The molecule has 0 saturated carbocycles. The second-order valence-electron chi connectivity index (χ2n) is 5.97. The van der Waals surface area contributed by atoms with Gasteiger partial charge in [0.1, 0.15) is 12.3 Å². The molecule has 7 nitrogen and oxygen atoms in total. The van der Waals surface area contributed by atoms with E-state index >= 15 is 0 Å². The summed E-state index contributed by atoms with van der Waals surface area (Å²) < 4.78 is 0.960. The van der Waals surface area contributed by atoms with E-state index in [0.29, 0.717) is 10.6 Å². The van der Waals surface area contributed by atoms with E-state index in [2.05, 4.69) is 5.32 Å². The van der Waals surface area contributed by atoms with Gasteiger partial charge < -0.3 is 20.1 Å². The molecule has 142 valence electrons. The molecule has 0 atom stereocenters. The maximum Gasteiger partial charge on any atom is 0.323 e. The van der Waals surface area contributed by atoms with Crippen LogP contribution in [0, 0.1) is 0 Å². The Hall–Kier alpha value is -3.58. The highest BCUT2D eigenvalue weighted by Crippen LogP contribution is 2.28. The minimum atomic E-state index is -1.18. The van der Waals surface area contributed by atoms with Crippen molar-refractivity contribution in [2.45, 2.75) is 6.54 Å². The molecule has 3 rings (SSSR count). The molecule has 1 amide bonds. The van der Waals surface area contributed by atoms with Crippen LogP contribution < -0.4 is 10.9 Å². The summed E-state index contributed by atoms with van der Waals surface area (Å²) in [6.07, 6.45) is 1.23. The van der Waals surface area contributed by atoms with Gasteiger partial charge in [-0.2, -0.15) is 0 Å². The SMILES string of the molecule is O=C(O)Cn1cc(NC(=O)c2ccc(-c3ccc(Cl)cc3)cc2O)ccc1=O. The van der Waals surface area contributed by atoms with Crippen LogP contribution in [0.3, 0.4) is 0 Å². The summed E-state index contributed by atoms with van der Waals surface area (Å²) in [4.78, 5) is 34.9. The van der Waals surface area contributed by atoms with Gasteiger partial charge in [0.15, 0.2) is 0 Å². The summed E-state index contributed by atoms with van der Waals surface area (Å²) >= 11 is 5.87. The van der Waals surface area contributed by atoms with E-state index in [1.165, 1.54) is 24.4 Å². The Bertz CT molecular complexity index is 1110. The fraction of sp³-hybridized carbons (Fsp3) is 0.0500. The van der Waals surface area contributed by atoms with Crippen LogP contribution in [0.2, 0.25) is 5.02 Å². The zero-order valence-corrected chi connectivity index (χ0v) is 15.2. The first-order valence-electron chi connectivity index (χ1n) is 8.16.